The van der Waals surface area contributed by atoms with Crippen molar-refractivity contribution < 1.29 is 29.3 Å². The molecule has 1 aliphatic carbocycles. The molecule has 0 fully saturated rings. The molecule has 6 heteroatoms. The van der Waals surface area contributed by atoms with E-state index in [4.69, 9.17) is 9.47 Å². The molecule has 0 aromatic heterocycles. The van der Waals surface area contributed by atoms with Crippen molar-refractivity contribution in [1.29, 1.82) is 0 Å². The number of carboxylic acids is 2. The third kappa shape index (κ3) is 5.53. The summed E-state index contributed by atoms with van der Waals surface area (Å²) < 4.78 is 12.0. The average Bonchev–Trinajstić information content (AvgIpc) is 3.44. The molecule has 1 aliphatic rings. The smallest absolute Gasteiger partial charge is 0.335 e. The number of hydrogen-bond donors (Lipinski definition) is 2. The van der Waals surface area contributed by atoms with E-state index >= 15 is 0 Å². The van der Waals surface area contributed by atoms with Crippen molar-refractivity contribution >= 4 is 11.9 Å². The molecule has 218 valence electrons. The average molecular weight is 591 g/mol. The maximum absolute atomic E-state index is 11.4. The Kier molecular flexibility index (Phi) is 7.08. The normalized spacial score (nSPS) is 11.4. The first-order valence-electron chi connectivity index (χ1n) is 14.4. The van der Waals surface area contributed by atoms with Crippen LogP contribution in [0.5, 0.6) is 23.0 Å². The van der Waals surface area contributed by atoms with Gasteiger partial charge in [-0.2, -0.15) is 0 Å². The van der Waals surface area contributed by atoms with Crippen LogP contribution in [0.3, 0.4) is 0 Å². The summed E-state index contributed by atoms with van der Waals surface area (Å²) in [4.78, 5) is 22.7. The molecule has 0 bridgehead atoms. The Labute approximate surface area is 259 Å². The molecule has 0 aliphatic heterocycles. The third-order valence-corrected chi connectivity index (χ3v) is 7.93. The summed E-state index contributed by atoms with van der Waals surface area (Å²) in [6.45, 7) is 0. The molecule has 45 heavy (non-hydrogen) atoms. The van der Waals surface area contributed by atoms with Crippen LogP contribution in [0.1, 0.15) is 31.8 Å². The molecule has 0 saturated heterocycles. The van der Waals surface area contributed by atoms with E-state index in [1.165, 1.54) is 46.5 Å². The van der Waals surface area contributed by atoms with Crippen LogP contribution in [-0.2, 0) is 6.42 Å². The summed E-state index contributed by atoms with van der Waals surface area (Å²) in [5.41, 5.74) is 9.58. The summed E-state index contributed by atoms with van der Waals surface area (Å²) in [6, 6.07) is 41.3. The van der Waals surface area contributed by atoms with Gasteiger partial charge in [0.2, 0.25) is 0 Å². The van der Waals surface area contributed by atoms with Gasteiger partial charge in [-0.05, 0) is 112 Å². The maximum atomic E-state index is 11.4. The van der Waals surface area contributed by atoms with Crippen LogP contribution in [0.2, 0.25) is 0 Å². The minimum Gasteiger partial charge on any atom is -0.478 e. The van der Waals surface area contributed by atoms with Gasteiger partial charge < -0.3 is 19.7 Å². The van der Waals surface area contributed by atoms with Crippen molar-refractivity contribution in [2.24, 2.45) is 0 Å². The Hall–Kier alpha value is -6.14. The third-order valence-electron chi connectivity index (χ3n) is 7.93. The first-order valence-corrected chi connectivity index (χ1v) is 14.4. The Bertz CT molecular complexity index is 2080. The van der Waals surface area contributed by atoms with Crippen molar-refractivity contribution in [3.05, 3.63) is 156 Å². The summed E-state index contributed by atoms with van der Waals surface area (Å²) in [7, 11) is 0. The van der Waals surface area contributed by atoms with Crippen molar-refractivity contribution in [1.82, 2.24) is 0 Å². The highest BCUT2D eigenvalue weighted by atomic mass is 16.5. The van der Waals surface area contributed by atoms with Gasteiger partial charge in [0.15, 0.2) is 0 Å². The van der Waals surface area contributed by atoms with Gasteiger partial charge in [0.05, 0.1) is 11.1 Å². The highest BCUT2D eigenvalue weighted by Crippen LogP contribution is 2.46. The van der Waals surface area contributed by atoms with Gasteiger partial charge in [-0.3, -0.25) is 0 Å². The molecule has 0 atom stereocenters. The molecule has 0 radical (unpaired) electrons. The molecule has 0 spiro atoms. The van der Waals surface area contributed by atoms with E-state index in [0.717, 1.165) is 28.7 Å². The Morgan fingerprint density at radius 3 is 1.60 bits per heavy atom. The van der Waals surface area contributed by atoms with E-state index in [-0.39, 0.29) is 11.1 Å². The first kappa shape index (κ1) is 27.7. The Balaban J connectivity index is 1.24. The minimum absolute atomic E-state index is 0.165. The maximum Gasteiger partial charge on any atom is 0.335 e. The van der Waals surface area contributed by atoms with Crippen LogP contribution in [0.15, 0.2) is 133 Å². The van der Waals surface area contributed by atoms with Gasteiger partial charge in [0, 0.05) is 0 Å². The summed E-state index contributed by atoms with van der Waals surface area (Å²) in [5, 5.41) is 18.6. The number of carbonyl (C=O) groups is 2. The van der Waals surface area contributed by atoms with E-state index in [0.29, 0.717) is 23.0 Å². The Morgan fingerprint density at radius 2 is 1.02 bits per heavy atom. The molecule has 6 nitrogen and oxygen atoms in total. The predicted octanol–water partition coefficient (Wildman–Crippen LogP) is 9.57. The van der Waals surface area contributed by atoms with Gasteiger partial charge in [0.25, 0.3) is 0 Å². The van der Waals surface area contributed by atoms with Gasteiger partial charge in [0.1, 0.15) is 23.0 Å². The lowest BCUT2D eigenvalue weighted by Crippen LogP contribution is -1.96. The highest BCUT2D eigenvalue weighted by Gasteiger charge is 2.24. The summed E-state index contributed by atoms with van der Waals surface area (Å²) >= 11 is 0. The summed E-state index contributed by atoms with van der Waals surface area (Å²) in [6.07, 6.45) is 0.816. The quantitative estimate of drug-likeness (QED) is 0.183. The first-order chi connectivity index (χ1) is 21.9. The van der Waals surface area contributed by atoms with Crippen molar-refractivity contribution in [3.63, 3.8) is 0 Å². The van der Waals surface area contributed by atoms with E-state index in [1.54, 1.807) is 24.3 Å². The number of rotatable bonds is 8. The summed E-state index contributed by atoms with van der Waals surface area (Å²) in [5.74, 6) is 0.104. The number of hydrogen-bond acceptors (Lipinski definition) is 4. The van der Waals surface area contributed by atoms with Crippen LogP contribution in [0.25, 0.3) is 33.4 Å². The lowest BCUT2D eigenvalue weighted by Gasteiger charge is -2.17. The topological polar surface area (TPSA) is 93.1 Å². The van der Waals surface area contributed by atoms with E-state index in [9.17, 15) is 19.8 Å². The van der Waals surface area contributed by atoms with Crippen molar-refractivity contribution in [2.45, 2.75) is 6.42 Å². The second kappa shape index (κ2) is 11.5. The van der Waals surface area contributed by atoms with Crippen LogP contribution in [-0.4, -0.2) is 22.2 Å². The standard InChI is InChI=1S/C39H26O6/c40-38(41)27-6-3-8-31(21-27)44-29-15-11-24(12-16-29)34-19-20-35-33-10-2-1-5-26(33)23-36(35)37(34)25-13-17-30(18-14-25)45-32-9-4-7-28(22-32)39(42)43/h1-22H,23H2,(H,40,41)(H,42,43). The SMILES string of the molecule is O=C(O)c1cccc(Oc2ccc(-c3ccc4c(c3-c3ccc(Oc5cccc(C(=O)O)c5)cc3)Cc3ccccc3-4)cc2)c1. The van der Waals surface area contributed by atoms with Gasteiger partial charge in [-0.1, -0.05) is 72.8 Å². The fourth-order valence-corrected chi connectivity index (χ4v) is 5.83. The lowest BCUT2D eigenvalue weighted by atomic mass is 9.88. The number of benzene rings is 6. The molecule has 0 unspecified atom stereocenters. The number of ether oxygens (including phenoxy) is 2. The fraction of sp³-hybridized carbons (Fsp3) is 0.0256. The van der Waals surface area contributed by atoms with Gasteiger partial charge >= 0.3 is 11.9 Å². The minimum atomic E-state index is -1.01. The van der Waals surface area contributed by atoms with Crippen molar-refractivity contribution in [3.8, 4) is 56.4 Å². The predicted molar refractivity (Wildman–Crippen MR) is 173 cm³/mol. The Morgan fingerprint density at radius 1 is 0.489 bits per heavy atom. The van der Waals surface area contributed by atoms with E-state index in [1.807, 2.05) is 48.5 Å². The van der Waals surface area contributed by atoms with Crippen LogP contribution >= 0.6 is 0 Å². The molecule has 7 rings (SSSR count). The van der Waals surface area contributed by atoms with Gasteiger partial charge in [-0.25, -0.2) is 9.59 Å². The molecule has 0 heterocycles. The van der Waals surface area contributed by atoms with Crippen LogP contribution < -0.4 is 9.47 Å². The number of fused-ring (bicyclic) bond motifs is 3. The monoisotopic (exact) mass is 590 g/mol. The zero-order valence-electron chi connectivity index (χ0n) is 23.9. The largest absolute Gasteiger partial charge is 0.478 e. The lowest BCUT2D eigenvalue weighted by molar-refractivity contribution is 0.0686. The zero-order chi connectivity index (χ0) is 30.9. The second-order valence-corrected chi connectivity index (χ2v) is 10.8. The van der Waals surface area contributed by atoms with Crippen LogP contribution in [0, 0.1) is 0 Å². The second-order valence-electron chi connectivity index (χ2n) is 10.8. The van der Waals surface area contributed by atoms with E-state index < -0.39 is 11.9 Å². The molecule has 0 amide bonds. The molecular weight excluding hydrogens is 564 g/mol. The van der Waals surface area contributed by atoms with Crippen LogP contribution in [0.4, 0.5) is 0 Å². The number of aromatic carboxylic acids is 2. The molecular formula is C39H26O6. The zero-order valence-corrected chi connectivity index (χ0v) is 23.9. The fourth-order valence-electron chi connectivity index (χ4n) is 5.83. The van der Waals surface area contributed by atoms with Gasteiger partial charge in [-0.15, -0.1) is 0 Å². The number of carboxylic acid groups (broad SMARTS) is 2. The molecule has 2 N–H and O–H groups in total. The molecule has 6 aromatic carbocycles. The van der Waals surface area contributed by atoms with Crippen molar-refractivity contribution in [2.75, 3.05) is 0 Å². The molecule has 0 saturated carbocycles. The highest BCUT2D eigenvalue weighted by molar-refractivity contribution is 5.94. The molecule has 6 aromatic rings. The van der Waals surface area contributed by atoms with E-state index in [2.05, 4.69) is 36.4 Å².